The second-order valence-electron chi connectivity index (χ2n) is 2.96. The van der Waals surface area contributed by atoms with Gasteiger partial charge in [0.25, 0.3) is 5.91 Å². The monoisotopic (exact) mass is 199 g/mol. The summed E-state index contributed by atoms with van der Waals surface area (Å²) in [6, 6.07) is 4.78. The molecule has 0 saturated heterocycles. The highest BCUT2D eigenvalue weighted by molar-refractivity contribution is 6.31. The Kier molecular flexibility index (Phi) is 1.77. The first kappa shape index (κ1) is 8.51. The molecule has 1 amide bonds. The predicted octanol–water partition coefficient (Wildman–Crippen LogP) is 2.33. The highest BCUT2D eigenvalue weighted by Gasteiger charge is 2.35. The quantitative estimate of drug-likeness (QED) is 0.628. The third-order valence-corrected chi connectivity index (χ3v) is 2.41. The zero-order valence-electron chi connectivity index (χ0n) is 6.92. The van der Waals surface area contributed by atoms with Gasteiger partial charge in [0.2, 0.25) is 6.17 Å². The topological polar surface area (TPSA) is 20.3 Å². The summed E-state index contributed by atoms with van der Waals surface area (Å²) >= 11 is 5.69. The molecule has 0 radical (unpaired) electrons. The lowest BCUT2D eigenvalue weighted by atomic mass is 10.1. The van der Waals surface area contributed by atoms with E-state index in [-0.39, 0.29) is 0 Å². The van der Waals surface area contributed by atoms with Gasteiger partial charge in [-0.3, -0.25) is 4.79 Å². The zero-order valence-corrected chi connectivity index (χ0v) is 7.68. The summed E-state index contributed by atoms with van der Waals surface area (Å²) < 4.78 is 13.3. The van der Waals surface area contributed by atoms with Gasteiger partial charge in [-0.05, 0) is 18.2 Å². The number of hydrogen-bond acceptors (Lipinski definition) is 1. The molecule has 0 aromatic heterocycles. The third kappa shape index (κ3) is 1.11. The first-order valence-corrected chi connectivity index (χ1v) is 4.20. The molecule has 0 bridgehead atoms. The van der Waals surface area contributed by atoms with E-state index in [1.54, 1.807) is 19.2 Å². The smallest absolute Gasteiger partial charge is 0.266 e. The Balaban J connectivity index is 2.60. The van der Waals surface area contributed by atoms with Crippen molar-refractivity contribution in [2.24, 2.45) is 0 Å². The summed E-state index contributed by atoms with van der Waals surface area (Å²) in [4.78, 5) is 12.5. The Labute approximate surface area is 79.9 Å². The minimum absolute atomic E-state index is 0.361. The number of benzene rings is 1. The molecule has 68 valence electrons. The molecule has 0 N–H and O–H groups in total. The van der Waals surface area contributed by atoms with Crippen LogP contribution in [0.3, 0.4) is 0 Å². The number of halogens is 2. The van der Waals surface area contributed by atoms with Crippen molar-refractivity contribution < 1.29 is 9.18 Å². The molecule has 0 aliphatic carbocycles. The Bertz CT molecular complexity index is 380. The lowest BCUT2D eigenvalue weighted by Gasteiger charge is -2.08. The molecule has 0 spiro atoms. The molecule has 2 nitrogen and oxygen atoms in total. The van der Waals surface area contributed by atoms with Gasteiger partial charge in [0.15, 0.2) is 0 Å². The van der Waals surface area contributed by atoms with Crippen LogP contribution in [0.25, 0.3) is 0 Å². The molecule has 1 aliphatic heterocycles. The van der Waals surface area contributed by atoms with E-state index in [0.29, 0.717) is 16.3 Å². The van der Waals surface area contributed by atoms with Crippen molar-refractivity contribution in [3.05, 3.63) is 28.8 Å². The standard InChI is InChI=1S/C9H7ClFNO/c1-12-7-3-2-5(10)4-6(7)8(11)9(12)13/h2-4,8H,1H3. The summed E-state index contributed by atoms with van der Waals surface area (Å²) in [5, 5.41) is 0.449. The van der Waals surface area contributed by atoms with Crippen LogP contribution in [-0.2, 0) is 4.79 Å². The number of likely N-dealkylation sites (N-methyl/N-ethyl adjacent to an activating group) is 1. The van der Waals surface area contributed by atoms with E-state index < -0.39 is 12.1 Å². The second-order valence-corrected chi connectivity index (χ2v) is 3.40. The maximum absolute atomic E-state index is 13.3. The Morgan fingerprint density at radius 2 is 2.23 bits per heavy atom. The minimum atomic E-state index is -1.56. The number of anilines is 1. The molecule has 0 saturated carbocycles. The lowest BCUT2D eigenvalue weighted by Crippen LogP contribution is -2.22. The first-order chi connectivity index (χ1) is 6.11. The highest BCUT2D eigenvalue weighted by atomic mass is 35.5. The fourth-order valence-corrected chi connectivity index (χ4v) is 1.64. The van der Waals surface area contributed by atoms with E-state index >= 15 is 0 Å². The number of rotatable bonds is 0. The zero-order chi connectivity index (χ0) is 9.59. The van der Waals surface area contributed by atoms with Crippen LogP contribution in [0.2, 0.25) is 5.02 Å². The first-order valence-electron chi connectivity index (χ1n) is 3.82. The van der Waals surface area contributed by atoms with Gasteiger partial charge in [-0.15, -0.1) is 0 Å². The molecule has 13 heavy (non-hydrogen) atoms. The third-order valence-electron chi connectivity index (χ3n) is 2.17. The molecule has 1 aromatic carbocycles. The summed E-state index contributed by atoms with van der Waals surface area (Å²) in [6.45, 7) is 0. The maximum Gasteiger partial charge on any atom is 0.266 e. The fourth-order valence-electron chi connectivity index (χ4n) is 1.46. The van der Waals surface area contributed by atoms with Crippen molar-refractivity contribution in [2.75, 3.05) is 11.9 Å². The van der Waals surface area contributed by atoms with Gasteiger partial charge in [0.1, 0.15) is 0 Å². The molecule has 1 aliphatic rings. The van der Waals surface area contributed by atoms with Crippen LogP contribution >= 0.6 is 11.6 Å². The van der Waals surface area contributed by atoms with E-state index in [2.05, 4.69) is 0 Å². The molecule has 1 atom stereocenters. The normalized spacial score (nSPS) is 20.7. The number of amides is 1. The van der Waals surface area contributed by atoms with Crippen molar-refractivity contribution in [1.82, 2.24) is 0 Å². The molecule has 1 heterocycles. The van der Waals surface area contributed by atoms with Crippen LogP contribution in [0.4, 0.5) is 10.1 Å². The molecule has 1 unspecified atom stereocenters. The van der Waals surface area contributed by atoms with E-state index in [1.807, 2.05) is 0 Å². The summed E-state index contributed by atoms with van der Waals surface area (Å²) in [5.74, 6) is -0.530. The van der Waals surface area contributed by atoms with E-state index in [9.17, 15) is 9.18 Å². The largest absolute Gasteiger partial charge is 0.312 e. The Hall–Kier alpha value is -1.09. The number of carbonyl (C=O) groups is 1. The van der Waals surface area contributed by atoms with Gasteiger partial charge in [-0.1, -0.05) is 11.6 Å². The van der Waals surface area contributed by atoms with Gasteiger partial charge in [0.05, 0.1) is 5.69 Å². The van der Waals surface area contributed by atoms with Crippen LogP contribution < -0.4 is 4.90 Å². The maximum atomic E-state index is 13.3. The number of hydrogen-bond donors (Lipinski definition) is 0. The molecular formula is C9H7ClFNO. The molecule has 0 fully saturated rings. The number of nitrogens with zero attached hydrogens (tertiary/aromatic N) is 1. The van der Waals surface area contributed by atoms with Crippen molar-refractivity contribution in [1.29, 1.82) is 0 Å². The van der Waals surface area contributed by atoms with Crippen LogP contribution in [0, 0.1) is 0 Å². The Morgan fingerprint density at radius 3 is 2.92 bits per heavy atom. The van der Waals surface area contributed by atoms with Crippen molar-refractivity contribution >= 4 is 23.2 Å². The van der Waals surface area contributed by atoms with E-state index in [1.165, 1.54) is 11.0 Å². The minimum Gasteiger partial charge on any atom is -0.312 e. The lowest BCUT2D eigenvalue weighted by molar-refractivity contribution is -0.122. The SMILES string of the molecule is CN1C(=O)C(F)c2cc(Cl)ccc21. The summed E-state index contributed by atoms with van der Waals surface area (Å²) in [7, 11) is 1.55. The summed E-state index contributed by atoms with van der Waals surface area (Å²) in [5.41, 5.74) is 0.960. The van der Waals surface area contributed by atoms with E-state index in [0.717, 1.165) is 0 Å². The molecular weight excluding hydrogens is 193 g/mol. The van der Waals surface area contributed by atoms with Crippen molar-refractivity contribution in [3.63, 3.8) is 0 Å². The van der Waals surface area contributed by atoms with Crippen molar-refractivity contribution in [3.8, 4) is 0 Å². The average molecular weight is 200 g/mol. The van der Waals surface area contributed by atoms with Gasteiger partial charge in [-0.25, -0.2) is 4.39 Å². The molecule has 4 heteroatoms. The fraction of sp³-hybridized carbons (Fsp3) is 0.222. The van der Waals surface area contributed by atoms with Crippen molar-refractivity contribution in [2.45, 2.75) is 6.17 Å². The van der Waals surface area contributed by atoms with Gasteiger partial charge in [-0.2, -0.15) is 0 Å². The van der Waals surface area contributed by atoms with Crippen LogP contribution in [0.5, 0.6) is 0 Å². The number of fused-ring (bicyclic) bond motifs is 1. The van der Waals surface area contributed by atoms with Crippen LogP contribution in [-0.4, -0.2) is 13.0 Å². The average Bonchev–Trinajstić information content (AvgIpc) is 2.32. The second kappa shape index (κ2) is 2.70. The van der Waals surface area contributed by atoms with Gasteiger partial charge in [0, 0.05) is 17.6 Å². The summed E-state index contributed by atoms with van der Waals surface area (Å²) in [6.07, 6.45) is -1.56. The predicted molar refractivity (Wildman–Crippen MR) is 48.7 cm³/mol. The highest BCUT2D eigenvalue weighted by Crippen LogP contribution is 2.38. The van der Waals surface area contributed by atoms with Gasteiger partial charge >= 0.3 is 0 Å². The van der Waals surface area contributed by atoms with Gasteiger partial charge < -0.3 is 4.90 Å². The number of alkyl halides is 1. The van der Waals surface area contributed by atoms with Crippen LogP contribution in [0.15, 0.2) is 18.2 Å². The molecule has 2 rings (SSSR count). The Morgan fingerprint density at radius 1 is 1.54 bits per heavy atom. The molecule has 1 aromatic rings. The number of carbonyl (C=O) groups excluding carboxylic acids is 1. The van der Waals surface area contributed by atoms with E-state index in [4.69, 9.17) is 11.6 Å². The van der Waals surface area contributed by atoms with Crippen LogP contribution in [0.1, 0.15) is 11.7 Å².